The van der Waals surface area contributed by atoms with Crippen LogP contribution in [0.4, 0.5) is 0 Å². The van der Waals surface area contributed by atoms with Gasteiger partial charge in [0.1, 0.15) is 17.3 Å². The van der Waals surface area contributed by atoms with Crippen molar-refractivity contribution in [2.75, 3.05) is 0 Å². The summed E-state index contributed by atoms with van der Waals surface area (Å²) in [7, 11) is 0. The number of hydrogen-bond acceptors (Lipinski definition) is 2. The number of aliphatic hydroxyl groups is 1. The number of aliphatic hydroxyl groups excluding tert-OH is 1. The van der Waals surface area contributed by atoms with Crippen molar-refractivity contribution >= 4 is 0 Å². The predicted octanol–water partition coefficient (Wildman–Crippen LogP) is 7.55. The van der Waals surface area contributed by atoms with E-state index < -0.39 is 0 Å². The molecule has 2 unspecified atom stereocenters. The van der Waals surface area contributed by atoms with E-state index in [1.165, 1.54) is 11.1 Å². The summed E-state index contributed by atoms with van der Waals surface area (Å²) < 4.78 is 6.62. The predicted molar refractivity (Wildman–Crippen MR) is 120 cm³/mol. The molecule has 0 aromatic heterocycles. The maximum atomic E-state index is 11.0. The molecule has 1 aliphatic heterocycles. The van der Waals surface area contributed by atoms with Crippen molar-refractivity contribution in [2.45, 2.75) is 67.2 Å². The van der Waals surface area contributed by atoms with E-state index in [1.54, 1.807) is 0 Å². The Hall–Kier alpha value is -1.96. The quantitative estimate of drug-likeness (QED) is 0.499. The molecule has 29 heavy (non-hydrogen) atoms. The Bertz CT molecular complexity index is 864. The minimum atomic E-state index is -0.00727. The molecule has 0 bridgehead atoms. The van der Waals surface area contributed by atoms with Crippen molar-refractivity contribution < 1.29 is 9.84 Å². The second-order valence-corrected chi connectivity index (χ2v) is 11.3. The average molecular weight is 393 g/mol. The Labute approximate surface area is 176 Å². The maximum absolute atomic E-state index is 11.0. The third-order valence-electron chi connectivity index (χ3n) is 7.15. The average Bonchev–Trinajstić information content (AvgIpc) is 2.54. The van der Waals surface area contributed by atoms with Crippen LogP contribution in [0, 0.1) is 28.6 Å². The summed E-state index contributed by atoms with van der Waals surface area (Å²) in [5.74, 6) is 3.24. The van der Waals surface area contributed by atoms with Crippen molar-refractivity contribution in [3.8, 4) is 0 Å². The summed E-state index contributed by atoms with van der Waals surface area (Å²) in [6, 6.07) is 0. The highest BCUT2D eigenvalue weighted by Crippen LogP contribution is 2.57. The van der Waals surface area contributed by atoms with Gasteiger partial charge in [-0.15, -0.1) is 0 Å². The van der Waals surface area contributed by atoms with Crippen molar-refractivity contribution in [3.05, 3.63) is 70.5 Å². The first-order valence-corrected chi connectivity index (χ1v) is 11.0. The van der Waals surface area contributed by atoms with Crippen LogP contribution < -0.4 is 0 Å². The van der Waals surface area contributed by atoms with E-state index in [2.05, 4.69) is 60.8 Å². The van der Waals surface area contributed by atoms with Gasteiger partial charge in [0.25, 0.3) is 0 Å². The molecule has 0 saturated heterocycles. The van der Waals surface area contributed by atoms with Gasteiger partial charge in [-0.25, -0.2) is 0 Å². The van der Waals surface area contributed by atoms with Gasteiger partial charge < -0.3 is 9.84 Å². The van der Waals surface area contributed by atoms with Gasteiger partial charge in [-0.2, -0.15) is 0 Å². The van der Waals surface area contributed by atoms with Crippen LogP contribution in [0.25, 0.3) is 0 Å². The summed E-state index contributed by atoms with van der Waals surface area (Å²) in [6.45, 7) is 22.5. The minimum Gasteiger partial charge on any atom is -0.508 e. The number of allylic oxidation sites excluding steroid dienone is 9. The van der Waals surface area contributed by atoms with E-state index in [1.807, 2.05) is 6.08 Å². The van der Waals surface area contributed by atoms with E-state index >= 15 is 0 Å². The monoisotopic (exact) mass is 392 g/mol. The van der Waals surface area contributed by atoms with E-state index in [-0.39, 0.29) is 16.7 Å². The Morgan fingerprint density at radius 3 is 1.76 bits per heavy atom. The van der Waals surface area contributed by atoms with Crippen LogP contribution in [0.3, 0.4) is 0 Å². The van der Waals surface area contributed by atoms with E-state index in [9.17, 15) is 5.11 Å². The van der Waals surface area contributed by atoms with Crippen LogP contribution in [0.15, 0.2) is 70.5 Å². The lowest BCUT2D eigenvalue weighted by molar-refractivity contribution is 0.166. The Morgan fingerprint density at radius 1 is 0.828 bits per heavy atom. The summed E-state index contributed by atoms with van der Waals surface area (Å²) >= 11 is 0. The van der Waals surface area contributed by atoms with Gasteiger partial charge in [0.2, 0.25) is 0 Å². The molecule has 2 atom stereocenters. The molecule has 2 heteroatoms. The van der Waals surface area contributed by atoms with E-state index in [0.29, 0.717) is 17.6 Å². The molecule has 156 valence electrons. The van der Waals surface area contributed by atoms with Crippen molar-refractivity contribution in [1.82, 2.24) is 0 Å². The largest absolute Gasteiger partial charge is 0.508 e. The van der Waals surface area contributed by atoms with Crippen LogP contribution in [-0.2, 0) is 4.74 Å². The minimum absolute atomic E-state index is 0.00727. The van der Waals surface area contributed by atoms with E-state index in [4.69, 9.17) is 4.74 Å². The van der Waals surface area contributed by atoms with Crippen molar-refractivity contribution in [2.24, 2.45) is 28.6 Å². The molecule has 0 aromatic rings. The Kier molecular flexibility index (Phi) is 4.57. The molecule has 3 aliphatic carbocycles. The van der Waals surface area contributed by atoms with Gasteiger partial charge in [0, 0.05) is 35.5 Å². The second kappa shape index (κ2) is 6.52. The molecule has 0 fully saturated rings. The van der Waals surface area contributed by atoms with Crippen LogP contribution in [0.1, 0.15) is 67.2 Å². The third kappa shape index (κ3) is 3.45. The zero-order valence-corrected chi connectivity index (χ0v) is 19.0. The van der Waals surface area contributed by atoms with Crippen molar-refractivity contribution in [1.29, 1.82) is 0 Å². The standard InChI is InChI=1S/C27H36O2/c1-15-9-19(20(28)10-16(15)2)25-23-17(3)11-26(5,6)13-21(23)29-22-14-27(7,8)12-18(4)24(22)25/h9-10,15-16,25,28H,3-4,11-14H2,1-2,5-8H3. The lowest BCUT2D eigenvalue weighted by Gasteiger charge is -2.46. The van der Waals surface area contributed by atoms with Gasteiger partial charge in [-0.3, -0.25) is 0 Å². The van der Waals surface area contributed by atoms with Crippen molar-refractivity contribution in [3.63, 3.8) is 0 Å². The molecule has 0 aromatic carbocycles. The van der Waals surface area contributed by atoms with Gasteiger partial charge in [0.05, 0.1) is 0 Å². The first-order chi connectivity index (χ1) is 13.4. The van der Waals surface area contributed by atoms with Crippen LogP contribution in [0.2, 0.25) is 0 Å². The highest BCUT2D eigenvalue weighted by molar-refractivity contribution is 5.59. The van der Waals surface area contributed by atoms with Crippen LogP contribution >= 0.6 is 0 Å². The smallest absolute Gasteiger partial charge is 0.115 e. The zero-order valence-electron chi connectivity index (χ0n) is 19.0. The first-order valence-electron chi connectivity index (χ1n) is 11.0. The summed E-state index contributed by atoms with van der Waals surface area (Å²) in [5.41, 5.74) is 5.96. The summed E-state index contributed by atoms with van der Waals surface area (Å²) in [6.07, 6.45) is 8.01. The van der Waals surface area contributed by atoms with Gasteiger partial charge in [-0.1, -0.05) is 60.8 Å². The molecule has 1 N–H and O–H groups in total. The highest BCUT2D eigenvalue weighted by Gasteiger charge is 2.45. The highest BCUT2D eigenvalue weighted by atomic mass is 16.5. The fourth-order valence-corrected chi connectivity index (χ4v) is 5.70. The Balaban J connectivity index is 1.91. The topological polar surface area (TPSA) is 29.5 Å². The zero-order chi connectivity index (χ0) is 21.3. The number of hydrogen-bond donors (Lipinski definition) is 1. The molecule has 1 heterocycles. The lowest BCUT2D eigenvalue weighted by Crippen LogP contribution is -2.34. The fraction of sp³-hybridized carbons (Fsp3) is 0.556. The maximum Gasteiger partial charge on any atom is 0.115 e. The third-order valence-corrected chi connectivity index (χ3v) is 7.15. The molecule has 2 nitrogen and oxygen atoms in total. The van der Waals surface area contributed by atoms with Gasteiger partial charge in [0.15, 0.2) is 0 Å². The molecule has 0 saturated carbocycles. The second-order valence-electron chi connectivity index (χ2n) is 11.3. The van der Waals surface area contributed by atoms with E-state index in [0.717, 1.165) is 53.9 Å². The SMILES string of the molecule is C=C1CC(C)(C)CC2=C1C(C1=CC(C)C(C)C=C1O)C1=C(CC(C)(C)CC1=C)O2. The number of ether oxygens (including phenoxy) is 1. The lowest BCUT2D eigenvalue weighted by atomic mass is 9.63. The normalized spacial score (nSPS) is 31.7. The van der Waals surface area contributed by atoms with Crippen LogP contribution in [0.5, 0.6) is 0 Å². The van der Waals surface area contributed by atoms with Gasteiger partial charge in [-0.05, 0) is 52.7 Å². The molecule has 0 radical (unpaired) electrons. The summed E-state index contributed by atoms with van der Waals surface area (Å²) in [5, 5.41) is 11.0. The molecular formula is C27H36O2. The van der Waals surface area contributed by atoms with Gasteiger partial charge >= 0.3 is 0 Å². The summed E-state index contributed by atoms with van der Waals surface area (Å²) in [4.78, 5) is 0. The Morgan fingerprint density at radius 2 is 1.28 bits per heavy atom. The molecule has 0 amide bonds. The molecule has 0 spiro atoms. The first kappa shape index (κ1) is 20.3. The molecular weight excluding hydrogens is 356 g/mol. The van der Waals surface area contributed by atoms with Crippen LogP contribution in [-0.4, -0.2) is 5.11 Å². The number of rotatable bonds is 1. The molecule has 4 aliphatic rings. The fourth-order valence-electron chi connectivity index (χ4n) is 5.70. The molecule has 4 rings (SSSR count).